The van der Waals surface area contributed by atoms with Crippen molar-refractivity contribution in [3.8, 4) is 0 Å². The minimum Gasteiger partial charge on any atom is -0.334 e. The average molecular weight is 229 g/mol. The molecular weight excluding hydrogens is 208 g/mol. The van der Waals surface area contributed by atoms with Gasteiger partial charge in [-0.2, -0.15) is 0 Å². The first-order valence-corrected chi connectivity index (χ1v) is 5.46. The summed E-state index contributed by atoms with van der Waals surface area (Å²) in [5, 5.41) is 0. The van der Waals surface area contributed by atoms with E-state index in [1.165, 1.54) is 25.7 Å². The van der Waals surface area contributed by atoms with Gasteiger partial charge < -0.3 is 4.57 Å². The third-order valence-electron chi connectivity index (χ3n) is 2.53. The molecule has 0 N–H and O–H groups in total. The third-order valence-corrected chi connectivity index (χ3v) is 2.53. The number of rotatable bonds is 7. The summed E-state index contributed by atoms with van der Waals surface area (Å²) in [6, 6.07) is 0.557. The first-order chi connectivity index (χ1) is 6.88. The molecule has 1 aromatic rings. The fraction of sp³-hybridized carbons (Fsp3) is 0.583. The van der Waals surface area contributed by atoms with Crippen LogP contribution in [0.3, 0.4) is 0 Å². The highest BCUT2D eigenvalue weighted by molar-refractivity contribution is 5.85. The van der Waals surface area contributed by atoms with Crippen molar-refractivity contribution in [2.75, 3.05) is 0 Å². The highest BCUT2D eigenvalue weighted by Crippen LogP contribution is 2.19. The SMILES string of the molecule is C=CCC(CCCCC)n1ccnc1.Cl. The number of unbranched alkanes of at least 4 members (excludes halogenated alkanes) is 2. The van der Waals surface area contributed by atoms with Crippen LogP contribution in [0.2, 0.25) is 0 Å². The molecule has 1 rings (SSSR count). The fourth-order valence-electron chi connectivity index (χ4n) is 1.70. The number of hydrogen-bond acceptors (Lipinski definition) is 1. The van der Waals surface area contributed by atoms with Crippen LogP contribution in [-0.4, -0.2) is 9.55 Å². The third kappa shape index (κ3) is 5.03. The van der Waals surface area contributed by atoms with Gasteiger partial charge in [0.1, 0.15) is 0 Å². The van der Waals surface area contributed by atoms with Crippen molar-refractivity contribution in [1.29, 1.82) is 0 Å². The minimum absolute atomic E-state index is 0. The predicted molar refractivity (Wildman–Crippen MR) is 67.5 cm³/mol. The first-order valence-electron chi connectivity index (χ1n) is 5.46. The summed E-state index contributed by atoms with van der Waals surface area (Å²) >= 11 is 0. The zero-order valence-electron chi connectivity index (χ0n) is 9.43. The van der Waals surface area contributed by atoms with E-state index in [-0.39, 0.29) is 12.4 Å². The summed E-state index contributed by atoms with van der Waals surface area (Å²) in [6.07, 6.45) is 14.0. The predicted octanol–water partition coefficient (Wildman–Crippen LogP) is 4.00. The highest BCUT2D eigenvalue weighted by atomic mass is 35.5. The van der Waals surface area contributed by atoms with E-state index in [0.29, 0.717) is 6.04 Å². The summed E-state index contributed by atoms with van der Waals surface area (Å²) in [4.78, 5) is 4.08. The standard InChI is InChI=1S/C12H20N2.ClH/c1-3-5-6-8-12(7-4-2)14-10-9-13-11-14;/h4,9-12H,2-3,5-8H2,1H3;1H. The lowest BCUT2D eigenvalue weighted by Crippen LogP contribution is -2.05. The molecule has 86 valence electrons. The van der Waals surface area contributed by atoms with Crippen LogP contribution >= 0.6 is 12.4 Å². The van der Waals surface area contributed by atoms with Crippen molar-refractivity contribution in [2.45, 2.75) is 45.1 Å². The van der Waals surface area contributed by atoms with E-state index in [4.69, 9.17) is 0 Å². The molecule has 3 heteroatoms. The molecule has 0 saturated heterocycles. The molecule has 1 aromatic heterocycles. The summed E-state index contributed by atoms with van der Waals surface area (Å²) < 4.78 is 2.19. The van der Waals surface area contributed by atoms with Gasteiger partial charge in [-0.15, -0.1) is 19.0 Å². The molecule has 0 aliphatic carbocycles. The van der Waals surface area contributed by atoms with Crippen LogP contribution in [0.25, 0.3) is 0 Å². The van der Waals surface area contributed by atoms with Gasteiger partial charge in [0.25, 0.3) is 0 Å². The van der Waals surface area contributed by atoms with Crippen LogP contribution < -0.4 is 0 Å². The maximum absolute atomic E-state index is 4.08. The lowest BCUT2D eigenvalue weighted by Gasteiger charge is -2.16. The van der Waals surface area contributed by atoms with Gasteiger partial charge in [0.2, 0.25) is 0 Å². The molecule has 1 heterocycles. The van der Waals surface area contributed by atoms with Gasteiger partial charge >= 0.3 is 0 Å². The number of nitrogens with zero attached hydrogens (tertiary/aromatic N) is 2. The van der Waals surface area contributed by atoms with E-state index >= 15 is 0 Å². The van der Waals surface area contributed by atoms with Gasteiger partial charge in [0.15, 0.2) is 0 Å². The molecule has 2 nitrogen and oxygen atoms in total. The fourth-order valence-corrected chi connectivity index (χ4v) is 1.70. The maximum Gasteiger partial charge on any atom is 0.0948 e. The Labute approximate surface area is 98.8 Å². The van der Waals surface area contributed by atoms with Crippen LogP contribution in [0.5, 0.6) is 0 Å². The summed E-state index contributed by atoms with van der Waals surface area (Å²) in [6.45, 7) is 6.04. The topological polar surface area (TPSA) is 17.8 Å². The molecule has 0 aromatic carbocycles. The molecule has 0 aliphatic heterocycles. The molecule has 0 spiro atoms. The second-order valence-electron chi connectivity index (χ2n) is 3.68. The molecular formula is C12H21ClN2. The molecule has 0 aliphatic rings. The lowest BCUT2D eigenvalue weighted by atomic mass is 10.1. The smallest absolute Gasteiger partial charge is 0.0948 e. The Morgan fingerprint density at radius 3 is 2.80 bits per heavy atom. The van der Waals surface area contributed by atoms with Crippen LogP contribution in [0.4, 0.5) is 0 Å². The zero-order valence-corrected chi connectivity index (χ0v) is 10.2. The molecule has 1 atom stereocenters. The van der Waals surface area contributed by atoms with Crippen molar-refractivity contribution in [1.82, 2.24) is 9.55 Å². The monoisotopic (exact) mass is 228 g/mol. The van der Waals surface area contributed by atoms with E-state index in [2.05, 4.69) is 23.1 Å². The van der Waals surface area contributed by atoms with Crippen LogP contribution in [-0.2, 0) is 0 Å². The number of hydrogen-bond donors (Lipinski definition) is 0. The largest absolute Gasteiger partial charge is 0.334 e. The Bertz CT molecular complexity index is 244. The van der Waals surface area contributed by atoms with Crippen LogP contribution in [0.15, 0.2) is 31.4 Å². The molecule has 0 amide bonds. The average Bonchev–Trinajstić information content (AvgIpc) is 2.70. The van der Waals surface area contributed by atoms with Gasteiger partial charge in [-0.05, 0) is 12.8 Å². The lowest BCUT2D eigenvalue weighted by molar-refractivity contribution is 0.447. The summed E-state index contributed by atoms with van der Waals surface area (Å²) in [7, 11) is 0. The van der Waals surface area contributed by atoms with Crippen molar-refractivity contribution in [2.24, 2.45) is 0 Å². The highest BCUT2D eigenvalue weighted by Gasteiger charge is 2.07. The summed E-state index contributed by atoms with van der Waals surface area (Å²) in [5.41, 5.74) is 0. The van der Waals surface area contributed by atoms with Gasteiger partial charge in [-0.1, -0.05) is 32.3 Å². The van der Waals surface area contributed by atoms with Crippen LogP contribution in [0, 0.1) is 0 Å². The molecule has 15 heavy (non-hydrogen) atoms. The van der Waals surface area contributed by atoms with Gasteiger partial charge in [-0.25, -0.2) is 4.98 Å². The van der Waals surface area contributed by atoms with Gasteiger partial charge in [0.05, 0.1) is 6.33 Å². The van der Waals surface area contributed by atoms with Crippen molar-refractivity contribution in [3.63, 3.8) is 0 Å². The number of aromatic nitrogens is 2. The minimum atomic E-state index is 0. The van der Waals surface area contributed by atoms with E-state index < -0.39 is 0 Å². The Morgan fingerprint density at radius 2 is 2.27 bits per heavy atom. The van der Waals surface area contributed by atoms with Crippen molar-refractivity contribution in [3.05, 3.63) is 31.4 Å². The zero-order chi connectivity index (χ0) is 10.2. The van der Waals surface area contributed by atoms with Crippen molar-refractivity contribution >= 4 is 12.4 Å². The quantitative estimate of drug-likeness (QED) is 0.510. The number of allylic oxidation sites excluding steroid dienone is 1. The van der Waals surface area contributed by atoms with E-state index in [1.807, 2.05) is 24.8 Å². The Morgan fingerprint density at radius 1 is 1.47 bits per heavy atom. The molecule has 0 fully saturated rings. The maximum atomic E-state index is 4.08. The first kappa shape index (κ1) is 14.2. The molecule has 0 radical (unpaired) electrons. The van der Waals surface area contributed by atoms with Gasteiger partial charge in [0, 0.05) is 18.4 Å². The second kappa shape index (κ2) is 8.54. The molecule has 0 saturated carbocycles. The number of halogens is 1. The van der Waals surface area contributed by atoms with Crippen LogP contribution in [0.1, 0.15) is 45.1 Å². The normalized spacial score (nSPS) is 11.8. The number of imidazole rings is 1. The molecule has 0 bridgehead atoms. The van der Waals surface area contributed by atoms with Crippen molar-refractivity contribution < 1.29 is 0 Å². The Hall–Kier alpha value is -0.760. The van der Waals surface area contributed by atoms with E-state index in [9.17, 15) is 0 Å². The van der Waals surface area contributed by atoms with E-state index in [1.54, 1.807) is 0 Å². The Kier molecular flexibility index (Phi) is 8.11. The second-order valence-corrected chi connectivity index (χ2v) is 3.68. The summed E-state index contributed by atoms with van der Waals surface area (Å²) in [5.74, 6) is 0. The molecule has 1 unspecified atom stereocenters. The van der Waals surface area contributed by atoms with Gasteiger partial charge in [-0.3, -0.25) is 0 Å². The Balaban J connectivity index is 0.00000196. The van der Waals surface area contributed by atoms with E-state index in [0.717, 1.165) is 6.42 Å².